The van der Waals surface area contributed by atoms with Gasteiger partial charge < -0.3 is 16.0 Å². The van der Waals surface area contributed by atoms with E-state index in [0.717, 1.165) is 31.9 Å². The first-order chi connectivity index (χ1) is 12.7. The Morgan fingerprint density at radius 2 is 1.62 bits per heavy atom. The van der Waals surface area contributed by atoms with Crippen LogP contribution >= 0.6 is 0 Å². The van der Waals surface area contributed by atoms with Crippen molar-refractivity contribution in [3.05, 3.63) is 0 Å². The molecule has 2 saturated carbocycles. The monoisotopic (exact) mass is 363 g/mol. The molecular formula is C20H37N5O. The maximum Gasteiger partial charge on any atom is 0.223 e. The SMILES string of the molecule is CN=C(NCCNC(=O)C1CC1)NCC1(N2CCCCC2)CCCCC1. The van der Waals surface area contributed by atoms with Crippen LogP contribution in [0.3, 0.4) is 0 Å². The Morgan fingerprint density at radius 3 is 2.27 bits per heavy atom. The Hall–Kier alpha value is -1.30. The molecule has 3 aliphatic rings. The van der Waals surface area contributed by atoms with Crippen molar-refractivity contribution in [2.45, 2.75) is 69.7 Å². The molecule has 1 aliphatic heterocycles. The van der Waals surface area contributed by atoms with Crippen molar-refractivity contribution in [1.82, 2.24) is 20.9 Å². The van der Waals surface area contributed by atoms with Crippen LogP contribution in [0.15, 0.2) is 4.99 Å². The molecule has 0 spiro atoms. The van der Waals surface area contributed by atoms with Gasteiger partial charge in [-0.3, -0.25) is 14.7 Å². The number of piperidine rings is 1. The maximum atomic E-state index is 11.7. The summed E-state index contributed by atoms with van der Waals surface area (Å²) in [5.41, 5.74) is 0.302. The molecule has 1 saturated heterocycles. The van der Waals surface area contributed by atoms with Crippen molar-refractivity contribution in [2.24, 2.45) is 10.9 Å². The van der Waals surface area contributed by atoms with E-state index < -0.39 is 0 Å². The largest absolute Gasteiger partial charge is 0.355 e. The highest BCUT2D eigenvalue weighted by Gasteiger charge is 2.38. The van der Waals surface area contributed by atoms with E-state index in [2.05, 4.69) is 25.8 Å². The van der Waals surface area contributed by atoms with E-state index in [9.17, 15) is 4.79 Å². The number of guanidine groups is 1. The highest BCUT2D eigenvalue weighted by molar-refractivity contribution is 5.81. The number of carbonyl (C=O) groups is 1. The Bertz CT molecular complexity index is 477. The van der Waals surface area contributed by atoms with Gasteiger partial charge in [-0.25, -0.2) is 0 Å². The normalized spacial score (nSPS) is 24.1. The molecule has 3 fully saturated rings. The fraction of sp³-hybridized carbons (Fsp3) is 0.900. The Balaban J connectivity index is 1.44. The number of hydrogen-bond acceptors (Lipinski definition) is 3. The molecule has 3 N–H and O–H groups in total. The number of carbonyl (C=O) groups excluding carboxylic acids is 1. The van der Waals surface area contributed by atoms with Gasteiger partial charge in [-0.1, -0.05) is 25.7 Å². The number of amides is 1. The molecule has 0 aromatic heterocycles. The number of hydrogen-bond donors (Lipinski definition) is 3. The van der Waals surface area contributed by atoms with Crippen molar-refractivity contribution in [1.29, 1.82) is 0 Å². The highest BCUT2D eigenvalue weighted by Crippen LogP contribution is 2.35. The number of nitrogens with zero attached hydrogens (tertiary/aromatic N) is 2. The lowest BCUT2D eigenvalue weighted by Crippen LogP contribution is -2.59. The lowest BCUT2D eigenvalue weighted by atomic mass is 9.79. The average molecular weight is 364 g/mol. The molecule has 26 heavy (non-hydrogen) atoms. The summed E-state index contributed by atoms with van der Waals surface area (Å²) < 4.78 is 0. The fourth-order valence-corrected chi connectivity index (χ4v) is 4.51. The van der Waals surface area contributed by atoms with Gasteiger partial charge in [-0.05, 0) is 51.6 Å². The summed E-state index contributed by atoms with van der Waals surface area (Å²) in [4.78, 5) is 18.8. The van der Waals surface area contributed by atoms with E-state index in [1.807, 2.05) is 7.05 Å². The van der Waals surface area contributed by atoms with Gasteiger partial charge in [0.25, 0.3) is 0 Å². The van der Waals surface area contributed by atoms with E-state index in [1.165, 1.54) is 64.5 Å². The van der Waals surface area contributed by atoms with Gasteiger partial charge >= 0.3 is 0 Å². The molecule has 3 rings (SSSR count). The summed E-state index contributed by atoms with van der Waals surface area (Å²) in [6, 6.07) is 0. The third-order valence-electron chi connectivity index (χ3n) is 6.28. The van der Waals surface area contributed by atoms with E-state index in [1.54, 1.807) is 0 Å². The summed E-state index contributed by atoms with van der Waals surface area (Å²) in [6.07, 6.45) is 12.9. The topological polar surface area (TPSA) is 68.8 Å². The van der Waals surface area contributed by atoms with Crippen LogP contribution in [0, 0.1) is 5.92 Å². The molecule has 0 atom stereocenters. The van der Waals surface area contributed by atoms with Crippen molar-refractivity contribution >= 4 is 11.9 Å². The van der Waals surface area contributed by atoms with Crippen molar-refractivity contribution in [2.75, 3.05) is 39.8 Å². The van der Waals surface area contributed by atoms with Crippen LogP contribution in [0.25, 0.3) is 0 Å². The standard InChI is InChI=1S/C20H37N5O/c1-21-19(23-13-12-22-18(26)17-8-9-17)24-16-20(10-4-2-5-11-20)25-14-6-3-7-15-25/h17H,2-16H2,1H3,(H,22,26)(H2,21,23,24). The molecule has 2 aliphatic carbocycles. The first-order valence-corrected chi connectivity index (χ1v) is 10.7. The van der Waals surface area contributed by atoms with Gasteiger partial charge in [-0.15, -0.1) is 0 Å². The first kappa shape index (κ1) is 19.5. The number of nitrogens with one attached hydrogen (secondary N) is 3. The average Bonchev–Trinajstić information content (AvgIpc) is 3.54. The predicted octanol–water partition coefficient (Wildman–Crippen LogP) is 1.87. The quantitative estimate of drug-likeness (QED) is 0.367. The van der Waals surface area contributed by atoms with Gasteiger partial charge in [0.1, 0.15) is 0 Å². The van der Waals surface area contributed by atoms with Crippen molar-refractivity contribution in [3.63, 3.8) is 0 Å². The van der Waals surface area contributed by atoms with Gasteiger partial charge in [-0.2, -0.15) is 0 Å². The van der Waals surface area contributed by atoms with Crippen LogP contribution in [0.5, 0.6) is 0 Å². The Labute approximate surface area is 158 Å². The van der Waals surface area contributed by atoms with Gasteiger partial charge in [0.2, 0.25) is 5.91 Å². The molecule has 6 nitrogen and oxygen atoms in total. The smallest absolute Gasteiger partial charge is 0.223 e. The molecule has 6 heteroatoms. The third kappa shape index (κ3) is 5.35. The molecule has 1 amide bonds. The van der Waals surface area contributed by atoms with Crippen LogP contribution in [0.2, 0.25) is 0 Å². The van der Waals surface area contributed by atoms with Crippen LogP contribution < -0.4 is 16.0 Å². The molecule has 0 unspecified atom stereocenters. The summed E-state index contributed by atoms with van der Waals surface area (Å²) in [6.45, 7) is 4.85. The molecule has 1 heterocycles. The number of rotatable bonds is 7. The van der Waals surface area contributed by atoms with Gasteiger partial charge in [0.15, 0.2) is 5.96 Å². The zero-order valence-corrected chi connectivity index (χ0v) is 16.5. The Kier molecular flexibility index (Phi) is 7.17. The molecule has 0 aromatic rings. The second-order valence-electron chi connectivity index (χ2n) is 8.25. The summed E-state index contributed by atoms with van der Waals surface area (Å²) in [5, 5.41) is 9.93. The maximum absolute atomic E-state index is 11.7. The van der Waals surface area contributed by atoms with Gasteiger partial charge in [0, 0.05) is 38.1 Å². The van der Waals surface area contributed by atoms with Crippen LogP contribution in [-0.2, 0) is 4.79 Å². The summed E-state index contributed by atoms with van der Waals surface area (Å²) in [5.74, 6) is 1.34. The molecular weight excluding hydrogens is 326 g/mol. The molecule has 0 bridgehead atoms. The van der Waals surface area contributed by atoms with Crippen LogP contribution in [0.4, 0.5) is 0 Å². The molecule has 0 aromatic carbocycles. The molecule has 148 valence electrons. The highest BCUT2D eigenvalue weighted by atomic mass is 16.2. The predicted molar refractivity (Wildman–Crippen MR) is 106 cm³/mol. The minimum Gasteiger partial charge on any atom is -0.355 e. The van der Waals surface area contributed by atoms with Crippen molar-refractivity contribution in [3.8, 4) is 0 Å². The zero-order valence-electron chi connectivity index (χ0n) is 16.5. The van der Waals surface area contributed by atoms with Crippen molar-refractivity contribution < 1.29 is 4.79 Å². The van der Waals surface area contributed by atoms with Crippen LogP contribution in [0.1, 0.15) is 64.2 Å². The number of aliphatic imine (C=N–C) groups is 1. The first-order valence-electron chi connectivity index (χ1n) is 10.7. The van der Waals surface area contributed by atoms with E-state index in [4.69, 9.17) is 0 Å². The second kappa shape index (κ2) is 9.58. The fourth-order valence-electron chi connectivity index (χ4n) is 4.51. The van der Waals surface area contributed by atoms with E-state index in [-0.39, 0.29) is 11.8 Å². The molecule has 0 radical (unpaired) electrons. The summed E-state index contributed by atoms with van der Waals surface area (Å²) >= 11 is 0. The minimum atomic E-state index is 0.209. The second-order valence-corrected chi connectivity index (χ2v) is 8.25. The number of likely N-dealkylation sites (tertiary alicyclic amines) is 1. The zero-order chi connectivity index (χ0) is 18.2. The minimum absolute atomic E-state index is 0.209. The summed E-state index contributed by atoms with van der Waals surface area (Å²) in [7, 11) is 1.83. The van der Waals surface area contributed by atoms with Gasteiger partial charge in [0.05, 0.1) is 0 Å². The van der Waals surface area contributed by atoms with E-state index >= 15 is 0 Å². The lowest BCUT2D eigenvalue weighted by Gasteiger charge is -2.48. The van der Waals surface area contributed by atoms with Crippen LogP contribution in [-0.4, -0.2) is 62.1 Å². The Morgan fingerprint density at radius 1 is 0.962 bits per heavy atom. The lowest BCUT2D eigenvalue weighted by molar-refractivity contribution is -0.122. The third-order valence-corrected chi connectivity index (χ3v) is 6.28. The van der Waals surface area contributed by atoms with E-state index in [0.29, 0.717) is 12.1 Å².